The van der Waals surface area contributed by atoms with Crippen molar-refractivity contribution in [1.82, 2.24) is 4.90 Å². The third-order valence-electron chi connectivity index (χ3n) is 5.59. The molecule has 0 radical (unpaired) electrons. The lowest BCUT2D eigenvalue weighted by Gasteiger charge is -2.40. The lowest BCUT2D eigenvalue weighted by Crippen LogP contribution is -2.50. The standard InChI is InChI=1S/C24H31NO4/c1-3-21(22-15-14-18(2)23(26)29-22)25(16-19-10-6-4-7-11-19)24(27)28-17-20-12-8-5-9-13-20/h4-13,18,21-23,26H,3,14-17H2,1-2H3. The second kappa shape index (κ2) is 10.4. The van der Waals surface area contributed by atoms with Gasteiger partial charge in [-0.2, -0.15) is 0 Å². The molecule has 1 aliphatic rings. The molecule has 5 heteroatoms. The van der Waals surface area contributed by atoms with E-state index in [9.17, 15) is 9.90 Å². The van der Waals surface area contributed by atoms with Crippen molar-refractivity contribution in [3.8, 4) is 0 Å². The fraction of sp³-hybridized carbons (Fsp3) is 0.458. The number of aliphatic hydroxyl groups excluding tert-OH is 1. The molecule has 0 spiro atoms. The first-order valence-corrected chi connectivity index (χ1v) is 10.4. The first kappa shape index (κ1) is 21.3. The number of benzene rings is 2. The normalized spacial score (nSPS) is 22.7. The highest BCUT2D eigenvalue weighted by molar-refractivity contribution is 5.68. The van der Waals surface area contributed by atoms with Gasteiger partial charge >= 0.3 is 6.09 Å². The molecule has 0 bridgehead atoms. The van der Waals surface area contributed by atoms with Crippen molar-refractivity contribution in [2.24, 2.45) is 5.92 Å². The van der Waals surface area contributed by atoms with Gasteiger partial charge in [-0.25, -0.2) is 4.79 Å². The van der Waals surface area contributed by atoms with Gasteiger partial charge in [-0.15, -0.1) is 0 Å². The predicted molar refractivity (Wildman–Crippen MR) is 112 cm³/mol. The number of rotatable bonds is 7. The van der Waals surface area contributed by atoms with Crippen molar-refractivity contribution in [2.45, 2.75) is 64.7 Å². The molecule has 2 aromatic carbocycles. The van der Waals surface area contributed by atoms with Crippen LogP contribution >= 0.6 is 0 Å². The molecule has 1 fully saturated rings. The van der Waals surface area contributed by atoms with Gasteiger partial charge in [-0.3, -0.25) is 4.90 Å². The molecule has 5 nitrogen and oxygen atoms in total. The van der Waals surface area contributed by atoms with Crippen molar-refractivity contribution in [3.05, 3.63) is 71.8 Å². The molecule has 4 unspecified atom stereocenters. The highest BCUT2D eigenvalue weighted by Gasteiger charge is 2.36. The number of carbonyl (C=O) groups excluding carboxylic acids is 1. The maximum absolute atomic E-state index is 13.1. The third-order valence-corrected chi connectivity index (χ3v) is 5.59. The topological polar surface area (TPSA) is 59.0 Å². The van der Waals surface area contributed by atoms with Crippen molar-refractivity contribution in [1.29, 1.82) is 0 Å². The minimum atomic E-state index is -0.790. The maximum Gasteiger partial charge on any atom is 0.410 e. The largest absolute Gasteiger partial charge is 0.445 e. The van der Waals surface area contributed by atoms with Gasteiger partial charge in [0.1, 0.15) is 6.61 Å². The molecule has 3 rings (SSSR count). The Morgan fingerprint density at radius 3 is 2.31 bits per heavy atom. The number of hydrogen-bond acceptors (Lipinski definition) is 4. The van der Waals surface area contributed by atoms with E-state index in [2.05, 4.69) is 0 Å². The Hall–Kier alpha value is -2.37. The number of hydrogen-bond donors (Lipinski definition) is 1. The summed E-state index contributed by atoms with van der Waals surface area (Å²) in [5.74, 6) is 0.108. The quantitative estimate of drug-likeness (QED) is 0.733. The molecule has 1 saturated heterocycles. The zero-order valence-corrected chi connectivity index (χ0v) is 17.2. The molecule has 1 N–H and O–H groups in total. The zero-order valence-electron chi connectivity index (χ0n) is 17.2. The Labute approximate surface area is 173 Å². The van der Waals surface area contributed by atoms with E-state index in [-0.39, 0.29) is 30.8 Å². The van der Waals surface area contributed by atoms with Crippen molar-refractivity contribution >= 4 is 6.09 Å². The lowest BCUT2D eigenvalue weighted by molar-refractivity contribution is -0.204. The van der Waals surface area contributed by atoms with E-state index in [1.54, 1.807) is 4.90 Å². The van der Waals surface area contributed by atoms with Crippen LogP contribution in [0.4, 0.5) is 4.79 Å². The average Bonchev–Trinajstić information content (AvgIpc) is 2.75. The number of carbonyl (C=O) groups is 1. The van der Waals surface area contributed by atoms with E-state index in [0.717, 1.165) is 30.4 Å². The number of ether oxygens (including phenoxy) is 2. The fourth-order valence-corrected chi connectivity index (χ4v) is 3.82. The maximum atomic E-state index is 13.1. The van der Waals surface area contributed by atoms with Gasteiger partial charge in [0.15, 0.2) is 6.29 Å². The van der Waals surface area contributed by atoms with E-state index >= 15 is 0 Å². The van der Waals surface area contributed by atoms with Crippen molar-refractivity contribution in [2.75, 3.05) is 0 Å². The van der Waals surface area contributed by atoms with Crippen LogP contribution < -0.4 is 0 Å². The molecule has 1 amide bonds. The lowest BCUT2D eigenvalue weighted by atomic mass is 9.93. The zero-order chi connectivity index (χ0) is 20.6. The summed E-state index contributed by atoms with van der Waals surface area (Å²) in [5.41, 5.74) is 1.99. The number of aliphatic hydroxyl groups is 1. The van der Waals surface area contributed by atoms with E-state index < -0.39 is 6.29 Å². The smallest absolute Gasteiger partial charge is 0.410 e. The SMILES string of the molecule is CCC(C1CCC(C)C(O)O1)N(Cc1ccccc1)C(=O)OCc1ccccc1. The summed E-state index contributed by atoms with van der Waals surface area (Å²) in [6.45, 7) is 4.70. The minimum absolute atomic E-state index is 0.108. The summed E-state index contributed by atoms with van der Waals surface area (Å²) in [6, 6.07) is 19.4. The van der Waals surface area contributed by atoms with Gasteiger partial charge in [0.2, 0.25) is 0 Å². The van der Waals surface area contributed by atoms with Crippen LogP contribution in [-0.2, 0) is 22.6 Å². The van der Waals surface area contributed by atoms with E-state index in [0.29, 0.717) is 6.54 Å². The molecule has 0 saturated carbocycles. The second-order valence-corrected chi connectivity index (χ2v) is 7.75. The van der Waals surface area contributed by atoms with Gasteiger partial charge in [0.05, 0.1) is 12.1 Å². The Kier molecular flexibility index (Phi) is 7.67. The molecule has 29 heavy (non-hydrogen) atoms. The van der Waals surface area contributed by atoms with Gasteiger partial charge in [0, 0.05) is 12.5 Å². The average molecular weight is 398 g/mol. The molecular weight excluding hydrogens is 366 g/mol. The van der Waals surface area contributed by atoms with Crippen molar-refractivity contribution < 1.29 is 19.4 Å². The summed E-state index contributed by atoms with van der Waals surface area (Å²) in [5, 5.41) is 10.2. The highest BCUT2D eigenvalue weighted by atomic mass is 16.6. The van der Waals surface area contributed by atoms with Crippen LogP contribution in [0.25, 0.3) is 0 Å². The van der Waals surface area contributed by atoms with Crippen LogP contribution in [0, 0.1) is 5.92 Å². The first-order valence-electron chi connectivity index (χ1n) is 10.4. The van der Waals surface area contributed by atoms with Crippen LogP contribution in [-0.4, -0.2) is 34.5 Å². The Bertz CT molecular complexity index is 752. The van der Waals surface area contributed by atoms with Crippen LogP contribution in [0.5, 0.6) is 0 Å². The van der Waals surface area contributed by atoms with Crippen molar-refractivity contribution in [3.63, 3.8) is 0 Å². The third kappa shape index (κ3) is 5.81. The van der Waals surface area contributed by atoms with E-state index in [1.807, 2.05) is 74.5 Å². The van der Waals surface area contributed by atoms with Crippen LogP contribution in [0.1, 0.15) is 44.2 Å². The summed E-state index contributed by atoms with van der Waals surface area (Å²) in [7, 11) is 0. The number of amides is 1. The summed E-state index contributed by atoms with van der Waals surface area (Å²) >= 11 is 0. The molecule has 1 heterocycles. The van der Waals surface area contributed by atoms with Crippen LogP contribution in [0.2, 0.25) is 0 Å². The molecule has 1 aliphatic heterocycles. The Morgan fingerprint density at radius 1 is 1.10 bits per heavy atom. The second-order valence-electron chi connectivity index (χ2n) is 7.75. The predicted octanol–water partition coefficient (Wildman–Crippen LogP) is 4.74. The van der Waals surface area contributed by atoms with Crippen LogP contribution in [0.3, 0.4) is 0 Å². The van der Waals surface area contributed by atoms with E-state index in [1.165, 1.54) is 0 Å². The molecule has 0 aromatic heterocycles. The Balaban J connectivity index is 1.76. The molecule has 2 aromatic rings. The number of nitrogens with zero attached hydrogens (tertiary/aromatic N) is 1. The Morgan fingerprint density at radius 2 is 1.72 bits per heavy atom. The molecule has 0 aliphatic carbocycles. The van der Waals surface area contributed by atoms with Gasteiger partial charge < -0.3 is 14.6 Å². The summed E-state index contributed by atoms with van der Waals surface area (Å²) in [6.07, 6.45) is 1.05. The molecule has 4 atom stereocenters. The highest BCUT2D eigenvalue weighted by Crippen LogP contribution is 2.29. The van der Waals surface area contributed by atoms with Crippen LogP contribution in [0.15, 0.2) is 60.7 Å². The molecular formula is C24H31NO4. The van der Waals surface area contributed by atoms with E-state index in [4.69, 9.17) is 9.47 Å². The molecule has 156 valence electrons. The monoisotopic (exact) mass is 397 g/mol. The minimum Gasteiger partial charge on any atom is -0.445 e. The van der Waals surface area contributed by atoms with Gasteiger partial charge in [-0.05, 0) is 30.4 Å². The van der Waals surface area contributed by atoms with Gasteiger partial charge in [0.25, 0.3) is 0 Å². The van der Waals surface area contributed by atoms with Gasteiger partial charge in [-0.1, -0.05) is 74.5 Å². The summed E-state index contributed by atoms with van der Waals surface area (Å²) < 4.78 is 11.5. The first-order chi connectivity index (χ1) is 14.1. The summed E-state index contributed by atoms with van der Waals surface area (Å²) in [4.78, 5) is 14.9. The fourth-order valence-electron chi connectivity index (χ4n) is 3.82.